The summed E-state index contributed by atoms with van der Waals surface area (Å²) in [6.07, 6.45) is 4.18. The van der Waals surface area contributed by atoms with Crippen molar-refractivity contribution in [1.82, 2.24) is 4.90 Å². The van der Waals surface area contributed by atoms with Crippen LogP contribution in [0, 0.1) is 0 Å². The molecule has 0 aromatic heterocycles. The van der Waals surface area contributed by atoms with E-state index in [0.717, 1.165) is 25.8 Å². The number of hydrogen-bond donors (Lipinski definition) is 1. The maximum Gasteiger partial charge on any atom is 0.320 e. The fraction of sp³-hybridized carbons (Fsp3) is 0.900. The van der Waals surface area contributed by atoms with Crippen LogP contribution in [0.3, 0.4) is 0 Å². The highest BCUT2D eigenvalue weighted by Gasteiger charge is 2.23. The van der Waals surface area contributed by atoms with Gasteiger partial charge < -0.3 is 5.11 Å². The summed E-state index contributed by atoms with van der Waals surface area (Å²) in [5, 5.41) is 8.79. The third kappa shape index (κ3) is 4.27. The third-order valence-corrected chi connectivity index (χ3v) is 2.31. The number of carboxylic acid groups (broad SMARTS) is 1. The smallest absolute Gasteiger partial charge is 0.320 e. The van der Waals surface area contributed by atoms with E-state index in [2.05, 4.69) is 0 Å². The van der Waals surface area contributed by atoms with E-state index in [1.54, 1.807) is 0 Å². The van der Waals surface area contributed by atoms with Crippen LogP contribution in [0.15, 0.2) is 0 Å². The van der Waals surface area contributed by atoms with Crippen molar-refractivity contribution in [3.63, 3.8) is 0 Å². The summed E-state index contributed by atoms with van der Waals surface area (Å²) in [4.78, 5) is 12.6. The zero-order valence-electron chi connectivity index (χ0n) is 8.92. The molecule has 1 unspecified atom stereocenters. The van der Waals surface area contributed by atoms with Crippen molar-refractivity contribution in [1.29, 1.82) is 0 Å². The van der Waals surface area contributed by atoms with E-state index in [0.29, 0.717) is 0 Å². The van der Waals surface area contributed by atoms with Crippen LogP contribution in [0.4, 0.5) is 0 Å². The summed E-state index contributed by atoms with van der Waals surface area (Å²) in [6, 6.07) is -0.238. The molecule has 0 spiro atoms. The maximum atomic E-state index is 10.7. The van der Waals surface area contributed by atoms with E-state index < -0.39 is 5.97 Å². The fourth-order valence-corrected chi connectivity index (χ4v) is 1.56. The molecule has 1 N–H and O–H groups in total. The van der Waals surface area contributed by atoms with Crippen molar-refractivity contribution < 1.29 is 9.90 Å². The lowest BCUT2D eigenvalue weighted by molar-refractivity contribution is -0.142. The highest BCUT2D eigenvalue weighted by molar-refractivity contribution is 5.73. The topological polar surface area (TPSA) is 40.5 Å². The average molecular weight is 187 g/mol. The Hall–Kier alpha value is -0.570. The Morgan fingerprint density at radius 1 is 1.31 bits per heavy atom. The van der Waals surface area contributed by atoms with Gasteiger partial charge in [-0.05, 0) is 26.4 Å². The predicted octanol–water partition coefficient (Wildman–Crippen LogP) is 1.97. The van der Waals surface area contributed by atoms with Gasteiger partial charge in [0.2, 0.25) is 0 Å². The molecular formula is C10H21NO2. The number of nitrogens with zero attached hydrogens (tertiary/aromatic N) is 1. The summed E-state index contributed by atoms with van der Waals surface area (Å²) in [5.74, 6) is -0.672. The molecule has 13 heavy (non-hydrogen) atoms. The molecule has 78 valence electrons. The molecule has 0 aromatic rings. The van der Waals surface area contributed by atoms with Crippen molar-refractivity contribution in [3.05, 3.63) is 0 Å². The number of likely N-dealkylation sites (N-methyl/N-ethyl adjacent to an activating group) is 1. The van der Waals surface area contributed by atoms with Gasteiger partial charge in [0, 0.05) is 0 Å². The van der Waals surface area contributed by atoms with Gasteiger partial charge in [-0.25, -0.2) is 0 Å². The summed E-state index contributed by atoms with van der Waals surface area (Å²) < 4.78 is 0. The zero-order valence-corrected chi connectivity index (χ0v) is 8.92. The molecule has 0 saturated carbocycles. The first-order valence-electron chi connectivity index (χ1n) is 5.15. The van der Waals surface area contributed by atoms with Crippen molar-refractivity contribution in [3.8, 4) is 0 Å². The molecule has 1 fully saturated rings. The minimum absolute atomic E-state index is 0.238. The van der Waals surface area contributed by atoms with Gasteiger partial charge in [0.1, 0.15) is 6.04 Å². The molecule has 0 aliphatic carbocycles. The lowest BCUT2D eigenvalue weighted by Gasteiger charge is -2.20. The Kier molecular flexibility index (Phi) is 6.59. The van der Waals surface area contributed by atoms with Crippen LogP contribution >= 0.6 is 0 Å². The molecule has 1 aliphatic rings. The zero-order chi connectivity index (χ0) is 10.3. The summed E-state index contributed by atoms with van der Waals surface area (Å²) in [7, 11) is 1.89. The highest BCUT2D eigenvalue weighted by Crippen LogP contribution is 2.14. The third-order valence-electron chi connectivity index (χ3n) is 2.31. The Balaban J connectivity index is 0.000000671. The second-order valence-corrected chi connectivity index (χ2v) is 3.18. The first-order valence-corrected chi connectivity index (χ1v) is 5.15. The molecule has 0 bridgehead atoms. The molecule has 0 radical (unpaired) electrons. The number of aliphatic carboxylic acids is 1. The number of likely N-dealkylation sites (tertiary alicyclic amines) is 1. The molecule has 1 atom stereocenters. The molecule has 3 heteroatoms. The lowest BCUT2D eigenvalue weighted by Crippen LogP contribution is -2.37. The van der Waals surface area contributed by atoms with Crippen LogP contribution < -0.4 is 0 Å². The standard InChI is InChI=1S/C8H15NO2.C2H6/c1-9-6-4-2-3-5-7(9)8(10)11;1-2/h7H,2-6H2,1H3,(H,10,11);1-2H3. The van der Waals surface area contributed by atoms with Crippen LogP contribution in [0.5, 0.6) is 0 Å². The van der Waals surface area contributed by atoms with Gasteiger partial charge in [0.25, 0.3) is 0 Å². The lowest BCUT2D eigenvalue weighted by atomic mass is 10.1. The number of carbonyl (C=O) groups is 1. The predicted molar refractivity (Wildman–Crippen MR) is 53.9 cm³/mol. The minimum atomic E-state index is -0.672. The van der Waals surface area contributed by atoms with E-state index in [9.17, 15) is 4.79 Å². The second kappa shape index (κ2) is 6.89. The van der Waals surface area contributed by atoms with Crippen molar-refractivity contribution >= 4 is 5.97 Å². The Morgan fingerprint density at radius 2 is 1.92 bits per heavy atom. The van der Waals surface area contributed by atoms with Crippen LogP contribution in [0.1, 0.15) is 39.5 Å². The van der Waals surface area contributed by atoms with E-state index in [1.807, 2.05) is 25.8 Å². The van der Waals surface area contributed by atoms with Gasteiger partial charge in [0.15, 0.2) is 0 Å². The molecular weight excluding hydrogens is 166 g/mol. The minimum Gasteiger partial charge on any atom is -0.480 e. The van der Waals surface area contributed by atoms with Gasteiger partial charge in [-0.2, -0.15) is 0 Å². The summed E-state index contributed by atoms with van der Waals surface area (Å²) >= 11 is 0. The van der Waals surface area contributed by atoms with Crippen LogP contribution in [0.2, 0.25) is 0 Å². The second-order valence-electron chi connectivity index (χ2n) is 3.18. The molecule has 0 amide bonds. The first-order chi connectivity index (χ1) is 6.22. The SMILES string of the molecule is CC.CN1CCCCCC1C(=O)O. The average Bonchev–Trinajstić information content (AvgIpc) is 2.33. The molecule has 3 nitrogen and oxygen atoms in total. The normalized spacial score (nSPS) is 24.1. The number of rotatable bonds is 1. The molecule has 1 heterocycles. The largest absolute Gasteiger partial charge is 0.480 e. The van der Waals surface area contributed by atoms with Gasteiger partial charge in [-0.3, -0.25) is 9.69 Å². The Bertz CT molecular complexity index is 148. The summed E-state index contributed by atoms with van der Waals surface area (Å²) in [5.41, 5.74) is 0. The van der Waals surface area contributed by atoms with E-state index in [-0.39, 0.29) is 6.04 Å². The molecule has 1 aliphatic heterocycles. The quantitative estimate of drug-likeness (QED) is 0.682. The number of hydrogen-bond acceptors (Lipinski definition) is 2. The Labute approximate surface area is 80.7 Å². The van der Waals surface area contributed by atoms with Gasteiger partial charge in [-0.1, -0.05) is 26.7 Å². The highest BCUT2D eigenvalue weighted by atomic mass is 16.4. The monoisotopic (exact) mass is 187 g/mol. The molecule has 0 aromatic carbocycles. The van der Waals surface area contributed by atoms with Crippen molar-refractivity contribution in [2.45, 2.75) is 45.6 Å². The first kappa shape index (κ1) is 12.4. The maximum absolute atomic E-state index is 10.7. The van der Waals surface area contributed by atoms with Crippen molar-refractivity contribution in [2.24, 2.45) is 0 Å². The van der Waals surface area contributed by atoms with Gasteiger partial charge in [0.05, 0.1) is 0 Å². The van der Waals surface area contributed by atoms with E-state index >= 15 is 0 Å². The van der Waals surface area contributed by atoms with E-state index in [1.165, 1.54) is 6.42 Å². The fourth-order valence-electron chi connectivity index (χ4n) is 1.56. The molecule has 1 saturated heterocycles. The van der Waals surface area contributed by atoms with Crippen molar-refractivity contribution in [2.75, 3.05) is 13.6 Å². The van der Waals surface area contributed by atoms with Crippen LogP contribution in [-0.4, -0.2) is 35.6 Å². The molecule has 1 rings (SSSR count). The number of carboxylic acids is 1. The van der Waals surface area contributed by atoms with Crippen LogP contribution in [0.25, 0.3) is 0 Å². The Morgan fingerprint density at radius 3 is 2.46 bits per heavy atom. The summed E-state index contributed by atoms with van der Waals surface area (Å²) in [6.45, 7) is 4.93. The van der Waals surface area contributed by atoms with Gasteiger partial charge >= 0.3 is 5.97 Å². The van der Waals surface area contributed by atoms with E-state index in [4.69, 9.17) is 5.11 Å². The van der Waals surface area contributed by atoms with Gasteiger partial charge in [-0.15, -0.1) is 0 Å². The van der Waals surface area contributed by atoms with Crippen LogP contribution in [-0.2, 0) is 4.79 Å².